The van der Waals surface area contributed by atoms with Gasteiger partial charge >= 0.3 is 0 Å². The Kier molecular flexibility index (Phi) is 6.38. The highest BCUT2D eigenvalue weighted by molar-refractivity contribution is 6.04. The van der Waals surface area contributed by atoms with Crippen molar-refractivity contribution in [1.82, 2.24) is 5.32 Å². The number of hydrogen-bond acceptors (Lipinski definition) is 3. The number of ketones is 2. The lowest BCUT2D eigenvalue weighted by Gasteiger charge is -2.59. The molecule has 4 rings (SSSR count). The van der Waals surface area contributed by atoms with E-state index in [1.807, 2.05) is 13.8 Å². The SMILES string of the molecule is CC(C)=CC(=O)C[C@H](C)[C@@H]1CC[C@]2(C)C3=CC[C@H]4C(C)(C)C(=O)/C(=C\NC=O)[C@]4(C)[C@H]3CC[C@@]12C. The third-order valence-corrected chi connectivity index (χ3v) is 11.3. The van der Waals surface area contributed by atoms with E-state index in [0.29, 0.717) is 30.6 Å². The van der Waals surface area contributed by atoms with Gasteiger partial charge in [-0.25, -0.2) is 0 Å². The van der Waals surface area contributed by atoms with Crippen LogP contribution in [0.5, 0.6) is 0 Å². The van der Waals surface area contributed by atoms with E-state index in [1.165, 1.54) is 5.57 Å². The predicted molar refractivity (Wildman–Crippen MR) is 140 cm³/mol. The van der Waals surface area contributed by atoms with Crippen LogP contribution >= 0.6 is 0 Å². The quantitative estimate of drug-likeness (QED) is 0.266. The highest BCUT2D eigenvalue weighted by Gasteiger charge is 2.68. The highest BCUT2D eigenvalue weighted by atomic mass is 16.1. The van der Waals surface area contributed by atoms with Gasteiger partial charge in [0.25, 0.3) is 0 Å². The van der Waals surface area contributed by atoms with Crippen molar-refractivity contribution < 1.29 is 14.4 Å². The fourth-order valence-corrected chi connectivity index (χ4v) is 9.36. The third kappa shape index (κ3) is 3.56. The maximum absolute atomic E-state index is 13.6. The minimum absolute atomic E-state index is 0.0708. The molecule has 4 aliphatic carbocycles. The Bertz CT molecular complexity index is 1030. The summed E-state index contributed by atoms with van der Waals surface area (Å²) in [6.45, 7) is 17.7. The number of nitrogens with one attached hydrogen (secondary N) is 1. The molecule has 3 saturated carbocycles. The van der Waals surface area contributed by atoms with Crippen LogP contribution in [-0.2, 0) is 14.4 Å². The summed E-state index contributed by atoms with van der Waals surface area (Å²) in [6.07, 6.45) is 12.7. The van der Waals surface area contributed by atoms with Crippen LogP contribution < -0.4 is 5.32 Å². The normalized spacial score (nSPS) is 41.4. The third-order valence-electron chi connectivity index (χ3n) is 11.3. The van der Waals surface area contributed by atoms with Crippen LogP contribution in [0.2, 0.25) is 0 Å². The molecule has 3 fully saturated rings. The van der Waals surface area contributed by atoms with E-state index in [9.17, 15) is 14.4 Å². The minimum Gasteiger partial charge on any atom is -0.335 e. The summed E-state index contributed by atoms with van der Waals surface area (Å²) in [5.74, 6) is 1.85. The van der Waals surface area contributed by atoms with E-state index < -0.39 is 5.41 Å². The molecule has 1 amide bonds. The number of carbonyl (C=O) groups excluding carboxylic acids is 3. The Morgan fingerprint density at radius 3 is 2.46 bits per heavy atom. The van der Waals surface area contributed by atoms with Crippen LogP contribution in [0.25, 0.3) is 0 Å². The van der Waals surface area contributed by atoms with Gasteiger partial charge in [-0.15, -0.1) is 0 Å². The summed E-state index contributed by atoms with van der Waals surface area (Å²) < 4.78 is 0. The maximum atomic E-state index is 13.6. The fraction of sp³-hybridized carbons (Fsp3) is 0.710. The second-order valence-electron chi connectivity index (χ2n) is 13.5. The Balaban J connectivity index is 1.70. The molecule has 0 unspecified atom stereocenters. The van der Waals surface area contributed by atoms with Crippen molar-refractivity contribution in [2.75, 3.05) is 0 Å². The zero-order chi connectivity index (χ0) is 26.0. The topological polar surface area (TPSA) is 63.2 Å². The first-order valence-corrected chi connectivity index (χ1v) is 13.6. The molecule has 0 spiro atoms. The second kappa shape index (κ2) is 8.56. The second-order valence-corrected chi connectivity index (χ2v) is 13.5. The molecule has 35 heavy (non-hydrogen) atoms. The zero-order valence-corrected chi connectivity index (χ0v) is 23.1. The average molecular weight is 480 g/mol. The van der Waals surface area contributed by atoms with Gasteiger partial charge in [0, 0.05) is 29.0 Å². The molecule has 0 aliphatic heterocycles. The number of rotatable bonds is 6. The van der Waals surface area contributed by atoms with E-state index in [4.69, 9.17) is 0 Å². The highest BCUT2D eigenvalue weighted by Crippen LogP contribution is 2.74. The lowest BCUT2D eigenvalue weighted by atomic mass is 9.44. The molecule has 0 aromatic heterocycles. The Morgan fingerprint density at radius 2 is 1.83 bits per heavy atom. The number of carbonyl (C=O) groups is 3. The molecule has 4 aliphatic rings. The summed E-state index contributed by atoms with van der Waals surface area (Å²) in [4.78, 5) is 37.4. The van der Waals surface area contributed by atoms with Crippen LogP contribution in [-0.4, -0.2) is 18.0 Å². The van der Waals surface area contributed by atoms with Crippen molar-refractivity contribution in [3.05, 3.63) is 35.1 Å². The van der Waals surface area contributed by atoms with E-state index in [2.05, 4.69) is 52.9 Å². The molecule has 0 saturated heterocycles. The van der Waals surface area contributed by atoms with Crippen molar-refractivity contribution in [1.29, 1.82) is 0 Å². The molecule has 4 heteroatoms. The fourth-order valence-electron chi connectivity index (χ4n) is 9.36. The number of hydrogen-bond donors (Lipinski definition) is 1. The van der Waals surface area contributed by atoms with Gasteiger partial charge in [-0.1, -0.05) is 58.8 Å². The van der Waals surface area contributed by atoms with E-state index in [1.54, 1.807) is 12.3 Å². The molecule has 0 aromatic rings. The van der Waals surface area contributed by atoms with Gasteiger partial charge in [0.2, 0.25) is 6.41 Å². The van der Waals surface area contributed by atoms with Crippen molar-refractivity contribution in [3.8, 4) is 0 Å². The molecule has 7 atom stereocenters. The van der Waals surface area contributed by atoms with Crippen molar-refractivity contribution in [3.63, 3.8) is 0 Å². The molecule has 1 N–H and O–H groups in total. The Hall–Kier alpha value is -1.97. The van der Waals surface area contributed by atoms with Crippen molar-refractivity contribution in [2.45, 2.75) is 93.9 Å². The lowest BCUT2D eigenvalue weighted by Crippen LogP contribution is -2.52. The molecular formula is C31H45NO3. The number of Topliss-reactive ketones (excluding diaryl/α,β-unsaturated/α-hetero) is 1. The largest absolute Gasteiger partial charge is 0.335 e. The van der Waals surface area contributed by atoms with E-state index in [0.717, 1.165) is 43.3 Å². The number of allylic oxidation sites excluding steroid dienone is 5. The van der Waals surface area contributed by atoms with Gasteiger partial charge in [0.1, 0.15) is 0 Å². The number of fused-ring (bicyclic) bond motifs is 5. The summed E-state index contributed by atoms with van der Waals surface area (Å²) in [5.41, 5.74) is 2.92. The molecule has 4 nitrogen and oxygen atoms in total. The van der Waals surface area contributed by atoms with Gasteiger partial charge in [0.15, 0.2) is 11.6 Å². The number of amides is 1. The van der Waals surface area contributed by atoms with Gasteiger partial charge in [-0.2, -0.15) is 0 Å². The van der Waals surface area contributed by atoms with Gasteiger partial charge in [-0.3, -0.25) is 14.4 Å². The molecule has 0 aromatic carbocycles. The minimum atomic E-state index is -0.438. The standard InChI is InChI=1S/C31H45NO3/c1-19(2)15-21(34)16-20(3)22-11-13-30(7)23-9-10-26-28(4,5)27(35)25(17-32-18-33)31(26,8)24(23)12-14-29(22,30)6/h9,15,17-18,20,22,24,26H,10-14,16H2,1-8H3,(H,32,33)/b25-17+/t20-,22-,24-,26-,29-,30+,31-/m0/s1. The van der Waals surface area contributed by atoms with Crippen LogP contribution in [0.1, 0.15) is 93.9 Å². The maximum Gasteiger partial charge on any atom is 0.211 e. The molecule has 0 radical (unpaired) electrons. The van der Waals surface area contributed by atoms with Crippen LogP contribution in [0.3, 0.4) is 0 Å². The van der Waals surface area contributed by atoms with Crippen LogP contribution in [0.4, 0.5) is 0 Å². The predicted octanol–water partition coefficient (Wildman–Crippen LogP) is 6.57. The summed E-state index contributed by atoms with van der Waals surface area (Å²) in [7, 11) is 0. The first-order valence-electron chi connectivity index (χ1n) is 13.6. The van der Waals surface area contributed by atoms with Gasteiger partial charge in [0.05, 0.1) is 0 Å². The van der Waals surface area contributed by atoms with E-state index in [-0.39, 0.29) is 33.7 Å². The van der Waals surface area contributed by atoms with Gasteiger partial charge in [-0.05, 0) is 86.5 Å². The Morgan fingerprint density at radius 1 is 1.14 bits per heavy atom. The summed E-state index contributed by atoms with van der Waals surface area (Å²) in [6, 6.07) is 0. The smallest absolute Gasteiger partial charge is 0.211 e. The van der Waals surface area contributed by atoms with Crippen molar-refractivity contribution in [2.24, 2.45) is 45.3 Å². The molecule has 0 heterocycles. The lowest BCUT2D eigenvalue weighted by molar-refractivity contribution is -0.123. The first kappa shape index (κ1) is 26.1. The summed E-state index contributed by atoms with van der Waals surface area (Å²) in [5, 5.41) is 2.71. The molecular weight excluding hydrogens is 434 g/mol. The first-order chi connectivity index (χ1) is 16.2. The van der Waals surface area contributed by atoms with Crippen LogP contribution in [0.15, 0.2) is 35.1 Å². The van der Waals surface area contributed by atoms with Crippen molar-refractivity contribution >= 4 is 18.0 Å². The molecule has 0 bridgehead atoms. The van der Waals surface area contributed by atoms with Gasteiger partial charge < -0.3 is 5.32 Å². The van der Waals surface area contributed by atoms with Crippen LogP contribution in [0, 0.1) is 45.3 Å². The van der Waals surface area contributed by atoms with E-state index >= 15 is 0 Å². The zero-order valence-electron chi connectivity index (χ0n) is 23.1. The summed E-state index contributed by atoms with van der Waals surface area (Å²) >= 11 is 0. The average Bonchev–Trinajstić information content (AvgIpc) is 3.12. The monoisotopic (exact) mass is 479 g/mol. The molecule has 192 valence electrons. The Labute approximate surface area is 212 Å².